The van der Waals surface area contributed by atoms with Crippen molar-refractivity contribution in [2.75, 3.05) is 0 Å². The quantitative estimate of drug-likeness (QED) is 0.758. The zero-order valence-electron chi connectivity index (χ0n) is 15.4. The smallest absolute Gasteiger partial charge is 0.234 e. The minimum Gasteiger partial charge on any atom is -0.337 e. The Hall–Kier alpha value is -2.04. The summed E-state index contributed by atoms with van der Waals surface area (Å²) < 4.78 is 1.78. The Labute approximate surface area is 162 Å². The van der Waals surface area contributed by atoms with Gasteiger partial charge in [0.2, 0.25) is 5.91 Å². The molecule has 0 spiro atoms. The number of amides is 1. The summed E-state index contributed by atoms with van der Waals surface area (Å²) in [7, 11) is 0. The number of nitrogens with zero attached hydrogens (tertiary/aromatic N) is 4. The van der Waals surface area contributed by atoms with Crippen molar-refractivity contribution in [1.82, 2.24) is 20.1 Å². The number of carbonyl (C=O) groups is 1. The molecular formula is C18H22ClN5OS. The highest BCUT2D eigenvalue weighted by Crippen LogP contribution is 2.27. The molecule has 6 nitrogen and oxygen atoms in total. The largest absolute Gasteiger partial charge is 0.337 e. The van der Waals surface area contributed by atoms with Crippen molar-refractivity contribution in [3.63, 3.8) is 0 Å². The van der Waals surface area contributed by atoms with E-state index in [1.807, 2.05) is 39.0 Å². The molecule has 0 fully saturated rings. The third kappa shape index (κ3) is 4.37. The number of rotatable bonds is 6. The molecule has 2 aromatic rings. The maximum absolute atomic E-state index is 12.5. The maximum Gasteiger partial charge on any atom is 0.234 e. The summed E-state index contributed by atoms with van der Waals surface area (Å²) in [6.07, 6.45) is 1.58. The second-order valence-electron chi connectivity index (χ2n) is 6.64. The number of nitriles is 1. The van der Waals surface area contributed by atoms with Crippen molar-refractivity contribution in [2.24, 2.45) is 5.92 Å². The molecule has 2 atom stereocenters. The van der Waals surface area contributed by atoms with E-state index in [1.54, 1.807) is 24.7 Å². The summed E-state index contributed by atoms with van der Waals surface area (Å²) in [6, 6.07) is 7.86. The zero-order valence-corrected chi connectivity index (χ0v) is 17.0. The van der Waals surface area contributed by atoms with E-state index in [9.17, 15) is 10.1 Å². The number of thioether (sulfide) groups is 1. The molecule has 0 saturated heterocycles. The highest BCUT2D eigenvalue weighted by Gasteiger charge is 2.32. The highest BCUT2D eigenvalue weighted by molar-refractivity contribution is 8.00. The van der Waals surface area contributed by atoms with Crippen LogP contribution < -0.4 is 5.32 Å². The molecule has 1 amide bonds. The fourth-order valence-electron chi connectivity index (χ4n) is 2.08. The van der Waals surface area contributed by atoms with Gasteiger partial charge in [0, 0.05) is 5.02 Å². The van der Waals surface area contributed by atoms with Crippen LogP contribution in [0.5, 0.6) is 0 Å². The van der Waals surface area contributed by atoms with Crippen LogP contribution in [0.15, 0.2) is 29.7 Å². The van der Waals surface area contributed by atoms with E-state index in [-0.39, 0.29) is 11.8 Å². The van der Waals surface area contributed by atoms with Gasteiger partial charge in [-0.2, -0.15) is 5.26 Å². The molecule has 1 N–H and O–H groups in total. The second-order valence-corrected chi connectivity index (χ2v) is 8.35. The number of hydrogen-bond donors (Lipinski definition) is 1. The third-order valence-electron chi connectivity index (χ3n) is 4.37. The zero-order chi connectivity index (χ0) is 19.5. The highest BCUT2D eigenvalue weighted by atomic mass is 35.5. The van der Waals surface area contributed by atoms with Crippen molar-refractivity contribution < 1.29 is 4.79 Å². The van der Waals surface area contributed by atoms with Gasteiger partial charge in [0.1, 0.15) is 11.9 Å². The van der Waals surface area contributed by atoms with Crippen LogP contribution >= 0.6 is 23.4 Å². The fourth-order valence-corrected chi connectivity index (χ4v) is 3.10. The van der Waals surface area contributed by atoms with Gasteiger partial charge in [0.15, 0.2) is 5.16 Å². The lowest BCUT2D eigenvalue weighted by molar-refractivity contribution is -0.121. The number of nitrogens with one attached hydrogen (secondary N) is 1. The van der Waals surface area contributed by atoms with Crippen LogP contribution in [0.25, 0.3) is 5.69 Å². The number of hydrogen-bond acceptors (Lipinski definition) is 5. The third-order valence-corrected chi connectivity index (χ3v) is 5.84. The molecule has 26 heavy (non-hydrogen) atoms. The average molecular weight is 392 g/mol. The molecule has 1 aromatic heterocycles. The Morgan fingerprint density at radius 1 is 1.42 bits per heavy atom. The number of aryl methyl sites for hydroxylation is 1. The van der Waals surface area contributed by atoms with Crippen molar-refractivity contribution in [1.29, 1.82) is 5.26 Å². The Morgan fingerprint density at radius 3 is 2.69 bits per heavy atom. The summed E-state index contributed by atoms with van der Waals surface area (Å²) in [6.45, 7) is 9.24. The summed E-state index contributed by atoms with van der Waals surface area (Å²) >= 11 is 7.48. The van der Waals surface area contributed by atoms with Gasteiger partial charge in [-0.25, -0.2) is 0 Å². The topological polar surface area (TPSA) is 83.6 Å². The molecule has 0 aliphatic heterocycles. The molecule has 0 aliphatic carbocycles. The minimum atomic E-state index is -0.913. The van der Waals surface area contributed by atoms with E-state index in [2.05, 4.69) is 21.6 Å². The van der Waals surface area contributed by atoms with Crippen LogP contribution in [0.4, 0.5) is 0 Å². The van der Waals surface area contributed by atoms with Crippen molar-refractivity contribution in [2.45, 2.75) is 50.6 Å². The number of halogens is 1. The maximum atomic E-state index is 12.5. The van der Waals surface area contributed by atoms with Gasteiger partial charge in [-0.05, 0) is 44.4 Å². The first-order valence-electron chi connectivity index (χ1n) is 8.24. The van der Waals surface area contributed by atoms with E-state index in [4.69, 9.17) is 11.6 Å². The Morgan fingerprint density at radius 2 is 2.12 bits per heavy atom. The summed E-state index contributed by atoms with van der Waals surface area (Å²) in [5, 5.41) is 21.1. The van der Waals surface area contributed by atoms with E-state index < -0.39 is 10.8 Å². The molecule has 138 valence electrons. The van der Waals surface area contributed by atoms with Crippen molar-refractivity contribution >= 4 is 29.3 Å². The normalized spacial score (nSPS) is 14.5. The van der Waals surface area contributed by atoms with Gasteiger partial charge in [0.25, 0.3) is 0 Å². The SMILES string of the molecule is Cc1ccc(-n2cnnc2SC(C)C(=O)NC(C)(C#N)C(C)C)cc1Cl. The second kappa shape index (κ2) is 8.11. The number of benzene rings is 1. The van der Waals surface area contributed by atoms with Gasteiger partial charge in [-0.3, -0.25) is 9.36 Å². The molecule has 2 unspecified atom stereocenters. The van der Waals surface area contributed by atoms with Gasteiger partial charge in [0.05, 0.1) is 17.0 Å². The fraction of sp³-hybridized carbons (Fsp3) is 0.444. The van der Waals surface area contributed by atoms with E-state index in [0.29, 0.717) is 10.2 Å². The van der Waals surface area contributed by atoms with Crippen LogP contribution in [0.2, 0.25) is 5.02 Å². The van der Waals surface area contributed by atoms with Gasteiger partial charge in [-0.1, -0.05) is 43.3 Å². The Balaban J connectivity index is 2.17. The summed E-state index contributed by atoms with van der Waals surface area (Å²) in [4.78, 5) is 12.5. The van der Waals surface area contributed by atoms with Crippen LogP contribution in [0.3, 0.4) is 0 Å². The van der Waals surface area contributed by atoms with Crippen LogP contribution in [0.1, 0.15) is 33.3 Å². The molecule has 1 heterocycles. The molecule has 0 saturated carbocycles. The van der Waals surface area contributed by atoms with Gasteiger partial charge in [-0.15, -0.1) is 10.2 Å². The van der Waals surface area contributed by atoms with Crippen molar-refractivity contribution in [3.8, 4) is 11.8 Å². The molecule has 8 heteroatoms. The van der Waals surface area contributed by atoms with E-state index in [1.165, 1.54) is 11.8 Å². The van der Waals surface area contributed by atoms with E-state index in [0.717, 1.165) is 11.3 Å². The molecule has 1 aromatic carbocycles. The average Bonchev–Trinajstić information content (AvgIpc) is 3.05. The minimum absolute atomic E-state index is 0.00740. The molecule has 0 radical (unpaired) electrons. The summed E-state index contributed by atoms with van der Waals surface area (Å²) in [5.41, 5.74) is 0.893. The predicted octanol–water partition coefficient (Wildman–Crippen LogP) is 3.76. The number of aromatic nitrogens is 3. The Bertz CT molecular complexity index is 844. The van der Waals surface area contributed by atoms with Crippen LogP contribution in [-0.2, 0) is 4.79 Å². The molecule has 0 bridgehead atoms. The monoisotopic (exact) mass is 391 g/mol. The first-order valence-corrected chi connectivity index (χ1v) is 9.50. The van der Waals surface area contributed by atoms with Crippen LogP contribution in [0, 0.1) is 24.2 Å². The lowest BCUT2D eigenvalue weighted by atomic mass is 9.90. The summed E-state index contributed by atoms with van der Waals surface area (Å²) in [5.74, 6) is -0.226. The lowest BCUT2D eigenvalue weighted by Gasteiger charge is -2.28. The van der Waals surface area contributed by atoms with E-state index >= 15 is 0 Å². The predicted molar refractivity (Wildman–Crippen MR) is 103 cm³/mol. The first-order chi connectivity index (χ1) is 12.2. The van der Waals surface area contributed by atoms with Gasteiger partial charge < -0.3 is 5.32 Å². The lowest BCUT2D eigenvalue weighted by Crippen LogP contribution is -2.51. The standard InChI is InChI=1S/C18H22ClN5OS/c1-11(2)18(5,9-20)22-16(25)13(4)26-17-23-21-10-24(17)14-7-6-12(3)15(19)8-14/h6-8,10-11,13H,1-5H3,(H,22,25). The first kappa shape index (κ1) is 20.3. The molecular weight excluding hydrogens is 370 g/mol. The molecule has 2 rings (SSSR count). The van der Waals surface area contributed by atoms with Crippen molar-refractivity contribution in [3.05, 3.63) is 35.1 Å². The van der Waals surface area contributed by atoms with Gasteiger partial charge >= 0.3 is 0 Å². The Kier molecular flexibility index (Phi) is 6.32. The number of carbonyl (C=O) groups excluding carboxylic acids is 1. The molecule has 0 aliphatic rings. The van der Waals surface area contributed by atoms with Crippen LogP contribution in [-0.4, -0.2) is 31.5 Å².